The topological polar surface area (TPSA) is 65.8 Å². The second-order valence-corrected chi connectivity index (χ2v) is 9.94. The van der Waals surface area contributed by atoms with Gasteiger partial charge >= 0.3 is 0 Å². The monoisotopic (exact) mass is 571 g/mol. The lowest BCUT2D eigenvalue weighted by Gasteiger charge is -2.37. The Morgan fingerprint density at radius 1 is 0.842 bits per heavy atom. The van der Waals surface area contributed by atoms with Gasteiger partial charge in [-0.3, -0.25) is 9.59 Å². The molecular formula is C28H21Cl3FN3O3. The molecule has 0 unspecified atom stereocenters. The third-order valence-corrected chi connectivity index (χ3v) is 7.04. The Labute approximate surface area is 233 Å². The molecule has 4 aromatic rings. The van der Waals surface area contributed by atoms with Gasteiger partial charge in [0.1, 0.15) is 11.6 Å². The van der Waals surface area contributed by atoms with Crippen LogP contribution in [0.2, 0.25) is 15.1 Å². The number of halogens is 4. The normalized spacial score (nSPS) is 13.5. The van der Waals surface area contributed by atoms with E-state index < -0.39 is 11.7 Å². The molecule has 1 aromatic heterocycles. The van der Waals surface area contributed by atoms with Crippen molar-refractivity contribution in [2.75, 3.05) is 36.4 Å². The number of furan rings is 1. The Morgan fingerprint density at radius 2 is 1.55 bits per heavy atom. The molecule has 1 aliphatic heterocycles. The minimum absolute atomic E-state index is 0.0530. The van der Waals surface area contributed by atoms with Crippen LogP contribution in [0.5, 0.6) is 0 Å². The van der Waals surface area contributed by atoms with Crippen molar-refractivity contribution in [3.05, 3.63) is 105 Å². The van der Waals surface area contributed by atoms with Crippen LogP contribution in [-0.2, 0) is 0 Å². The number of carbonyl (C=O) groups is 2. The second kappa shape index (κ2) is 11.1. The van der Waals surface area contributed by atoms with E-state index in [9.17, 15) is 14.0 Å². The molecule has 0 aliphatic carbocycles. The molecule has 0 bridgehead atoms. The fourth-order valence-electron chi connectivity index (χ4n) is 4.31. The zero-order valence-electron chi connectivity index (χ0n) is 19.9. The van der Waals surface area contributed by atoms with Gasteiger partial charge in [-0.2, -0.15) is 0 Å². The minimum Gasteiger partial charge on any atom is -0.451 e. The first-order valence-corrected chi connectivity index (χ1v) is 12.9. The molecule has 1 aliphatic rings. The molecule has 3 aromatic carbocycles. The van der Waals surface area contributed by atoms with Crippen LogP contribution in [0, 0.1) is 5.82 Å². The maximum Gasteiger partial charge on any atom is 0.291 e. The van der Waals surface area contributed by atoms with E-state index in [1.165, 1.54) is 12.1 Å². The van der Waals surface area contributed by atoms with Crippen molar-refractivity contribution in [2.24, 2.45) is 0 Å². The van der Waals surface area contributed by atoms with E-state index >= 15 is 0 Å². The number of nitrogens with one attached hydrogen (secondary N) is 1. The molecule has 1 saturated heterocycles. The summed E-state index contributed by atoms with van der Waals surface area (Å²) in [5.41, 5.74) is 1.86. The quantitative estimate of drug-likeness (QED) is 0.273. The van der Waals surface area contributed by atoms with E-state index in [0.717, 1.165) is 5.69 Å². The molecule has 38 heavy (non-hydrogen) atoms. The molecule has 10 heteroatoms. The highest BCUT2D eigenvalue weighted by Gasteiger charge is 2.26. The number of hydrogen-bond donors (Lipinski definition) is 1. The molecule has 5 rings (SSSR count). The van der Waals surface area contributed by atoms with Crippen molar-refractivity contribution < 1.29 is 18.4 Å². The first-order valence-electron chi connectivity index (χ1n) is 11.7. The van der Waals surface area contributed by atoms with Gasteiger partial charge in [0.2, 0.25) is 0 Å². The van der Waals surface area contributed by atoms with Gasteiger partial charge in [0.05, 0.1) is 22.0 Å². The molecule has 1 fully saturated rings. The molecule has 0 spiro atoms. The molecule has 2 heterocycles. The van der Waals surface area contributed by atoms with Gasteiger partial charge in [0, 0.05) is 41.8 Å². The summed E-state index contributed by atoms with van der Waals surface area (Å²) < 4.78 is 19.9. The summed E-state index contributed by atoms with van der Waals surface area (Å²) in [6, 6.07) is 19.3. The van der Waals surface area contributed by atoms with Crippen LogP contribution >= 0.6 is 34.8 Å². The molecular weight excluding hydrogens is 552 g/mol. The lowest BCUT2D eigenvalue weighted by Crippen LogP contribution is -2.49. The summed E-state index contributed by atoms with van der Waals surface area (Å²) in [7, 11) is 0. The first kappa shape index (κ1) is 26.1. The molecule has 0 radical (unpaired) electrons. The highest BCUT2D eigenvalue weighted by Crippen LogP contribution is 2.34. The zero-order valence-corrected chi connectivity index (χ0v) is 22.2. The second-order valence-electron chi connectivity index (χ2n) is 8.66. The average molecular weight is 573 g/mol. The molecule has 6 nitrogen and oxygen atoms in total. The van der Waals surface area contributed by atoms with E-state index in [4.69, 9.17) is 39.2 Å². The number of benzene rings is 3. The Balaban J connectivity index is 1.30. The van der Waals surface area contributed by atoms with Gasteiger partial charge < -0.3 is 19.5 Å². The summed E-state index contributed by atoms with van der Waals surface area (Å²) >= 11 is 18.6. The van der Waals surface area contributed by atoms with Crippen LogP contribution in [-0.4, -0.2) is 42.9 Å². The first-order chi connectivity index (χ1) is 18.3. The average Bonchev–Trinajstić information content (AvgIpc) is 3.41. The van der Waals surface area contributed by atoms with Crippen molar-refractivity contribution in [2.45, 2.75) is 0 Å². The molecule has 0 saturated carbocycles. The summed E-state index contributed by atoms with van der Waals surface area (Å²) in [5.74, 6) is -0.861. The summed E-state index contributed by atoms with van der Waals surface area (Å²) in [6.07, 6.45) is 0. The van der Waals surface area contributed by atoms with E-state index in [0.29, 0.717) is 58.3 Å². The van der Waals surface area contributed by atoms with Gasteiger partial charge in [-0.25, -0.2) is 4.39 Å². The van der Waals surface area contributed by atoms with Gasteiger partial charge in [-0.05, 0) is 60.7 Å². The zero-order chi connectivity index (χ0) is 26.8. The molecule has 2 amide bonds. The van der Waals surface area contributed by atoms with E-state index in [-0.39, 0.29) is 17.2 Å². The molecule has 1 N–H and O–H groups in total. The third kappa shape index (κ3) is 5.50. The fraction of sp³-hybridized carbons (Fsp3) is 0.143. The Kier molecular flexibility index (Phi) is 7.61. The number of hydrogen-bond acceptors (Lipinski definition) is 4. The minimum atomic E-state index is -0.540. The SMILES string of the molecule is O=C(Nc1cc(Cl)ccc1N1CCN(C(=O)c2ccccc2F)CC1)c1ccc(-c2cc(Cl)ccc2Cl)o1. The van der Waals surface area contributed by atoms with Crippen molar-refractivity contribution in [1.82, 2.24) is 4.90 Å². The predicted octanol–water partition coefficient (Wildman–Crippen LogP) is 7.26. The maximum absolute atomic E-state index is 14.1. The van der Waals surface area contributed by atoms with Gasteiger partial charge in [-0.1, -0.05) is 46.9 Å². The van der Waals surface area contributed by atoms with Crippen LogP contribution < -0.4 is 10.2 Å². The fourth-order valence-corrected chi connectivity index (χ4v) is 4.87. The highest BCUT2D eigenvalue weighted by atomic mass is 35.5. The predicted molar refractivity (Wildman–Crippen MR) is 148 cm³/mol. The Morgan fingerprint density at radius 3 is 2.32 bits per heavy atom. The van der Waals surface area contributed by atoms with E-state index in [1.807, 2.05) is 11.0 Å². The van der Waals surface area contributed by atoms with Crippen LogP contribution in [0.25, 0.3) is 11.3 Å². The highest BCUT2D eigenvalue weighted by molar-refractivity contribution is 6.35. The summed E-state index contributed by atoms with van der Waals surface area (Å²) in [5, 5.41) is 4.26. The van der Waals surface area contributed by atoms with Gasteiger partial charge in [0.15, 0.2) is 5.76 Å². The lowest BCUT2D eigenvalue weighted by molar-refractivity contribution is 0.0742. The number of anilines is 2. The van der Waals surface area contributed by atoms with E-state index in [2.05, 4.69) is 5.32 Å². The summed E-state index contributed by atoms with van der Waals surface area (Å²) in [6.45, 7) is 1.77. The van der Waals surface area contributed by atoms with Crippen molar-refractivity contribution in [3.8, 4) is 11.3 Å². The van der Waals surface area contributed by atoms with Crippen molar-refractivity contribution >= 4 is 58.0 Å². The number of nitrogens with zero attached hydrogens (tertiary/aromatic N) is 2. The third-order valence-electron chi connectivity index (χ3n) is 6.24. The lowest BCUT2D eigenvalue weighted by atomic mass is 10.1. The van der Waals surface area contributed by atoms with Crippen molar-refractivity contribution in [1.29, 1.82) is 0 Å². The largest absolute Gasteiger partial charge is 0.451 e. The smallest absolute Gasteiger partial charge is 0.291 e. The van der Waals surface area contributed by atoms with Crippen LogP contribution in [0.15, 0.2) is 77.2 Å². The van der Waals surface area contributed by atoms with E-state index in [1.54, 1.807) is 59.5 Å². The van der Waals surface area contributed by atoms with Crippen LogP contribution in [0.3, 0.4) is 0 Å². The molecule has 0 atom stereocenters. The standard InChI is InChI=1S/C28H21Cl3FN3O3/c29-17-5-7-21(31)20(15-17)25-9-10-26(38-25)27(36)33-23-16-18(30)6-8-24(23)34-11-13-35(14-12-34)28(37)19-3-1-2-4-22(19)32/h1-10,15-16H,11-14H2,(H,33,36). The number of amides is 2. The number of piperazine rings is 1. The van der Waals surface area contributed by atoms with Crippen LogP contribution in [0.4, 0.5) is 15.8 Å². The maximum atomic E-state index is 14.1. The van der Waals surface area contributed by atoms with Crippen LogP contribution in [0.1, 0.15) is 20.9 Å². The summed E-state index contributed by atoms with van der Waals surface area (Å²) in [4.78, 5) is 29.5. The Bertz CT molecular complexity index is 1520. The number of carbonyl (C=O) groups excluding carboxylic acids is 2. The van der Waals surface area contributed by atoms with Crippen molar-refractivity contribution in [3.63, 3.8) is 0 Å². The number of rotatable bonds is 5. The Hall–Kier alpha value is -3.52. The van der Waals surface area contributed by atoms with Gasteiger partial charge in [0.25, 0.3) is 11.8 Å². The van der Waals surface area contributed by atoms with Gasteiger partial charge in [-0.15, -0.1) is 0 Å². The molecule has 194 valence electrons.